The number of carbonyl (C=O) groups excluding carboxylic acids is 1. The molecule has 2 heterocycles. The van der Waals surface area contributed by atoms with E-state index in [1.165, 1.54) is 11.3 Å². The minimum Gasteiger partial charge on any atom is -0.301 e. The van der Waals surface area contributed by atoms with Crippen molar-refractivity contribution in [2.24, 2.45) is 0 Å². The Hall–Kier alpha value is -1.86. The molecule has 86 valence electrons. The van der Waals surface area contributed by atoms with Crippen molar-refractivity contribution < 1.29 is 4.79 Å². The highest BCUT2D eigenvalue weighted by Crippen LogP contribution is 2.07. The predicted molar refractivity (Wildman–Crippen MR) is 70.0 cm³/mol. The Balaban J connectivity index is 1.92. The number of thiocarbonyl (C=S) groups is 1. The number of carbonyl (C=O) groups is 1. The molecule has 0 aromatic carbocycles. The first-order chi connectivity index (χ1) is 8.25. The molecule has 5 nitrogen and oxygen atoms in total. The molecule has 0 unspecified atom stereocenters. The van der Waals surface area contributed by atoms with Crippen LogP contribution in [-0.4, -0.2) is 21.0 Å². The van der Waals surface area contributed by atoms with Crippen LogP contribution in [0.2, 0.25) is 0 Å². The summed E-state index contributed by atoms with van der Waals surface area (Å²) in [5.74, 6) is 0.109. The monoisotopic (exact) mass is 264 g/mol. The minimum absolute atomic E-state index is 0.176. The molecular formula is C10H8N4OS2. The molecule has 0 saturated heterocycles. The lowest BCUT2D eigenvalue weighted by Crippen LogP contribution is -2.34. The van der Waals surface area contributed by atoms with Crippen LogP contribution >= 0.6 is 23.6 Å². The Labute approximate surface area is 107 Å². The lowest BCUT2D eigenvalue weighted by atomic mass is 10.4. The third-order valence-electron chi connectivity index (χ3n) is 1.76. The van der Waals surface area contributed by atoms with Crippen molar-refractivity contribution in [3.05, 3.63) is 40.8 Å². The van der Waals surface area contributed by atoms with Gasteiger partial charge in [0.15, 0.2) is 5.11 Å². The molecule has 0 aliphatic carbocycles. The lowest BCUT2D eigenvalue weighted by molar-refractivity contribution is 0.0981. The Morgan fingerprint density at radius 2 is 2.06 bits per heavy atom. The topological polar surface area (TPSA) is 66.9 Å². The molecule has 2 aromatic heterocycles. The second-order valence-corrected chi connectivity index (χ2v) is 4.31. The zero-order valence-corrected chi connectivity index (χ0v) is 10.2. The largest absolute Gasteiger partial charge is 0.301 e. The van der Waals surface area contributed by atoms with Crippen molar-refractivity contribution in [3.8, 4) is 0 Å². The van der Waals surface area contributed by atoms with Gasteiger partial charge in [-0.15, -0.1) is 11.3 Å². The van der Waals surface area contributed by atoms with Gasteiger partial charge in [-0.05, 0) is 29.7 Å². The summed E-state index contributed by atoms with van der Waals surface area (Å²) in [5, 5.41) is 7.26. The zero-order chi connectivity index (χ0) is 12.1. The van der Waals surface area contributed by atoms with E-state index in [0.29, 0.717) is 10.8 Å². The smallest absolute Gasteiger partial charge is 0.267 e. The Morgan fingerprint density at radius 3 is 2.71 bits per heavy atom. The zero-order valence-electron chi connectivity index (χ0n) is 8.58. The van der Waals surface area contributed by atoms with Crippen LogP contribution in [-0.2, 0) is 0 Å². The molecule has 2 aromatic rings. The normalized spacial score (nSPS) is 9.65. The summed E-state index contributed by atoms with van der Waals surface area (Å²) >= 11 is 6.32. The molecule has 0 radical (unpaired) electrons. The van der Waals surface area contributed by atoms with Crippen LogP contribution in [0.25, 0.3) is 0 Å². The summed E-state index contributed by atoms with van der Waals surface area (Å²) < 4.78 is 0. The van der Waals surface area contributed by atoms with Gasteiger partial charge in [0.25, 0.3) is 5.91 Å². The molecule has 0 fully saturated rings. The summed E-state index contributed by atoms with van der Waals surface area (Å²) in [6.07, 6.45) is 3.16. The number of hydrogen-bond acceptors (Lipinski definition) is 5. The molecule has 0 spiro atoms. The van der Waals surface area contributed by atoms with E-state index in [4.69, 9.17) is 12.2 Å². The van der Waals surface area contributed by atoms with Crippen LogP contribution in [0.4, 0.5) is 5.95 Å². The Bertz CT molecular complexity index is 512. The highest BCUT2D eigenvalue weighted by molar-refractivity contribution is 7.80. The van der Waals surface area contributed by atoms with Crippen molar-refractivity contribution >= 4 is 40.5 Å². The van der Waals surface area contributed by atoms with E-state index in [-0.39, 0.29) is 11.0 Å². The van der Waals surface area contributed by atoms with Crippen LogP contribution in [0.1, 0.15) is 9.67 Å². The SMILES string of the molecule is O=C(NC(=S)Nc1ncccn1)c1cccs1. The number of anilines is 1. The molecule has 0 saturated carbocycles. The van der Waals surface area contributed by atoms with Crippen molar-refractivity contribution in [2.45, 2.75) is 0 Å². The molecule has 2 N–H and O–H groups in total. The molecule has 0 atom stereocenters. The predicted octanol–water partition coefficient (Wildman–Crippen LogP) is 1.66. The van der Waals surface area contributed by atoms with Gasteiger partial charge < -0.3 is 5.32 Å². The van der Waals surface area contributed by atoms with Gasteiger partial charge in [0.1, 0.15) is 0 Å². The first-order valence-electron chi connectivity index (χ1n) is 4.68. The third kappa shape index (κ3) is 3.30. The lowest BCUT2D eigenvalue weighted by Gasteiger charge is -2.06. The molecule has 2 rings (SSSR count). The maximum absolute atomic E-state index is 11.6. The Morgan fingerprint density at radius 1 is 1.29 bits per heavy atom. The second-order valence-electron chi connectivity index (χ2n) is 2.96. The van der Waals surface area contributed by atoms with E-state index >= 15 is 0 Å². The Kier molecular flexibility index (Phi) is 3.73. The fourth-order valence-electron chi connectivity index (χ4n) is 1.07. The minimum atomic E-state index is -0.242. The number of aromatic nitrogens is 2. The van der Waals surface area contributed by atoms with Gasteiger partial charge in [-0.2, -0.15) is 0 Å². The van der Waals surface area contributed by atoms with Crippen LogP contribution in [0.15, 0.2) is 36.0 Å². The van der Waals surface area contributed by atoms with Gasteiger partial charge in [0.05, 0.1) is 4.88 Å². The summed E-state index contributed by atoms with van der Waals surface area (Å²) in [6.45, 7) is 0. The van der Waals surface area contributed by atoms with Gasteiger partial charge in [-0.1, -0.05) is 6.07 Å². The van der Waals surface area contributed by atoms with E-state index in [0.717, 1.165) is 0 Å². The quantitative estimate of drug-likeness (QED) is 0.808. The highest BCUT2D eigenvalue weighted by Gasteiger charge is 2.08. The van der Waals surface area contributed by atoms with Gasteiger partial charge in [0, 0.05) is 12.4 Å². The van der Waals surface area contributed by atoms with Gasteiger partial charge in [-0.25, -0.2) is 9.97 Å². The molecule has 1 amide bonds. The van der Waals surface area contributed by atoms with Gasteiger partial charge in [0.2, 0.25) is 5.95 Å². The first-order valence-corrected chi connectivity index (χ1v) is 5.97. The van der Waals surface area contributed by atoms with Crippen LogP contribution < -0.4 is 10.6 Å². The fourth-order valence-corrected chi connectivity index (χ4v) is 1.87. The molecule has 7 heteroatoms. The number of nitrogens with zero attached hydrogens (tertiary/aromatic N) is 2. The number of rotatable bonds is 2. The molecular weight excluding hydrogens is 256 g/mol. The number of thiophene rings is 1. The van der Waals surface area contributed by atoms with E-state index in [2.05, 4.69) is 20.6 Å². The van der Waals surface area contributed by atoms with Crippen molar-refractivity contribution in [2.75, 3.05) is 5.32 Å². The highest BCUT2D eigenvalue weighted by atomic mass is 32.1. The van der Waals surface area contributed by atoms with E-state index in [9.17, 15) is 4.79 Å². The molecule has 17 heavy (non-hydrogen) atoms. The number of nitrogens with one attached hydrogen (secondary N) is 2. The number of hydrogen-bond donors (Lipinski definition) is 2. The first kappa shape index (κ1) is 11.6. The summed E-state index contributed by atoms with van der Waals surface area (Å²) in [5.41, 5.74) is 0. The standard InChI is InChI=1S/C10H8N4OS2/c15-8(7-3-1-6-17-7)13-10(16)14-9-11-4-2-5-12-9/h1-6H,(H2,11,12,13,14,15,16). The summed E-state index contributed by atoms with van der Waals surface area (Å²) in [7, 11) is 0. The van der Waals surface area contributed by atoms with Crippen molar-refractivity contribution in [1.29, 1.82) is 0 Å². The molecule has 0 aliphatic heterocycles. The van der Waals surface area contributed by atoms with E-state index in [1.807, 2.05) is 5.38 Å². The molecule has 0 aliphatic rings. The van der Waals surface area contributed by atoms with Gasteiger partial charge >= 0.3 is 0 Å². The van der Waals surface area contributed by atoms with E-state index in [1.54, 1.807) is 30.6 Å². The van der Waals surface area contributed by atoms with Crippen LogP contribution in [0.5, 0.6) is 0 Å². The van der Waals surface area contributed by atoms with Crippen LogP contribution in [0.3, 0.4) is 0 Å². The summed E-state index contributed by atoms with van der Waals surface area (Å²) in [4.78, 5) is 20.1. The summed E-state index contributed by atoms with van der Waals surface area (Å²) in [6, 6.07) is 5.22. The van der Waals surface area contributed by atoms with Crippen molar-refractivity contribution in [1.82, 2.24) is 15.3 Å². The molecule has 0 bridgehead atoms. The average molecular weight is 264 g/mol. The average Bonchev–Trinajstić information content (AvgIpc) is 2.83. The van der Waals surface area contributed by atoms with Gasteiger partial charge in [-0.3, -0.25) is 10.1 Å². The van der Waals surface area contributed by atoms with Crippen molar-refractivity contribution in [3.63, 3.8) is 0 Å². The third-order valence-corrected chi connectivity index (χ3v) is 2.84. The maximum Gasteiger partial charge on any atom is 0.267 e. The maximum atomic E-state index is 11.6. The van der Waals surface area contributed by atoms with Crippen LogP contribution in [0, 0.1) is 0 Å². The number of amides is 1. The van der Waals surface area contributed by atoms with E-state index < -0.39 is 0 Å². The fraction of sp³-hybridized carbons (Fsp3) is 0. The second kappa shape index (κ2) is 5.46.